The molecule has 0 spiro atoms. The topological polar surface area (TPSA) is 55.1 Å². The molecule has 0 aliphatic heterocycles. The van der Waals surface area contributed by atoms with Gasteiger partial charge in [0.2, 0.25) is 5.91 Å². The van der Waals surface area contributed by atoms with Crippen molar-refractivity contribution in [3.8, 4) is 0 Å². The van der Waals surface area contributed by atoms with Crippen LogP contribution in [-0.2, 0) is 11.3 Å². The standard InChI is InChI=1S/C9H14N2OS/c1-6(2)8(12)11-9-7(5-10)3-4-13-9/h3-4,6H,5,10H2,1-2H3,(H,11,12). The summed E-state index contributed by atoms with van der Waals surface area (Å²) < 4.78 is 0. The van der Waals surface area contributed by atoms with Gasteiger partial charge in [0.1, 0.15) is 0 Å². The summed E-state index contributed by atoms with van der Waals surface area (Å²) in [5.74, 6) is 0.0462. The fraction of sp³-hybridized carbons (Fsp3) is 0.444. The summed E-state index contributed by atoms with van der Waals surface area (Å²) in [4.78, 5) is 11.3. The van der Waals surface area contributed by atoms with Gasteiger partial charge in [-0.15, -0.1) is 11.3 Å². The van der Waals surface area contributed by atoms with E-state index in [1.165, 1.54) is 11.3 Å². The molecule has 0 unspecified atom stereocenters. The number of thiophene rings is 1. The second-order valence-electron chi connectivity index (χ2n) is 3.12. The minimum atomic E-state index is 0.00715. The first kappa shape index (κ1) is 10.2. The summed E-state index contributed by atoms with van der Waals surface area (Å²) in [6.07, 6.45) is 0. The highest BCUT2D eigenvalue weighted by molar-refractivity contribution is 7.14. The molecule has 1 amide bonds. The number of carbonyl (C=O) groups excluding carboxylic acids is 1. The van der Waals surface area contributed by atoms with Crippen molar-refractivity contribution in [1.29, 1.82) is 0 Å². The monoisotopic (exact) mass is 198 g/mol. The Morgan fingerprint density at radius 1 is 1.69 bits per heavy atom. The summed E-state index contributed by atoms with van der Waals surface area (Å²) in [5, 5.41) is 5.65. The van der Waals surface area contributed by atoms with Crippen molar-refractivity contribution in [1.82, 2.24) is 0 Å². The maximum absolute atomic E-state index is 11.3. The first-order chi connectivity index (χ1) is 6.15. The average molecular weight is 198 g/mol. The smallest absolute Gasteiger partial charge is 0.227 e. The Morgan fingerprint density at radius 2 is 2.38 bits per heavy atom. The van der Waals surface area contributed by atoms with E-state index in [1.54, 1.807) is 0 Å². The molecule has 3 nitrogen and oxygen atoms in total. The largest absolute Gasteiger partial charge is 0.326 e. The molecular formula is C9H14N2OS. The van der Waals surface area contributed by atoms with E-state index in [9.17, 15) is 4.79 Å². The number of amides is 1. The fourth-order valence-electron chi connectivity index (χ4n) is 0.862. The molecule has 1 aromatic heterocycles. The Morgan fingerprint density at radius 3 is 2.92 bits per heavy atom. The van der Waals surface area contributed by atoms with E-state index >= 15 is 0 Å². The average Bonchev–Trinajstić information content (AvgIpc) is 2.51. The lowest BCUT2D eigenvalue weighted by Gasteiger charge is -2.06. The molecule has 0 fully saturated rings. The van der Waals surface area contributed by atoms with Gasteiger partial charge in [0.15, 0.2) is 0 Å². The summed E-state index contributed by atoms with van der Waals surface area (Å²) >= 11 is 1.51. The van der Waals surface area contributed by atoms with Crippen LogP contribution in [0.15, 0.2) is 11.4 Å². The lowest BCUT2D eigenvalue weighted by Crippen LogP contribution is -2.18. The second kappa shape index (κ2) is 4.39. The lowest BCUT2D eigenvalue weighted by atomic mass is 10.2. The molecule has 0 atom stereocenters. The SMILES string of the molecule is CC(C)C(=O)Nc1sccc1CN. The van der Waals surface area contributed by atoms with Crippen LogP contribution in [0.1, 0.15) is 19.4 Å². The molecule has 3 N–H and O–H groups in total. The summed E-state index contributed by atoms with van der Waals surface area (Å²) in [6.45, 7) is 4.20. The van der Waals surface area contributed by atoms with Crippen molar-refractivity contribution in [3.05, 3.63) is 17.0 Å². The number of anilines is 1. The molecule has 13 heavy (non-hydrogen) atoms. The van der Waals surface area contributed by atoms with Crippen molar-refractivity contribution in [3.63, 3.8) is 0 Å². The summed E-state index contributed by atoms with van der Waals surface area (Å²) in [5.41, 5.74) is 6.50. The van der Waals surface area contributed by atoms with Crippen LogP contribution >= 0.6 is 11.3 Å². The van der Waals surface area contributed by atoms with Crippen molar-refractivity contribution >= 4 is 22.2 Å². The Balaban J connectivity index is 2.68. The van der Waals surface area contributed by atoms with Gasteiger partial charge >= 0.3 is 0 Å². The maximum Gasteiger partial charge on any atom is 0.227 e. The molecule has 1 rings (SSSR count). The van der Waals surface area contributed by atoms with Crippen LogP contribution in [0.4, 0.5) is 5.00 Å². The second-order valence-corrected chi connectivity index (χ2v) is 4.04. The van der Waals surface area contributed by atoms with Gasteiger partial charge in [-0.3, -0.25) is 4.79 Å². The molecule has 0 saturated heterocycles. The van der Waals surface area contributed by atoms with Crippen LogP contribution in [0.5, 0.6) is 0 Å². The number of nitrogens with two attached hydrogens (primary N) is 1. The van der Waals surface area contributed by atoms with Crippen LogP contribution in [0, 0.1) is 5.92 Å². The third kappa shape index (κ3) is 2.54. The number of hydrogen-bond donors (Lipinski definition) is 2. The van der Waals surface area contributed by atoms with E-state index in [2.05, 4.69) is 5.32 Å². The predicted molar refractivity (Wildman–Crippen MR) is 55.7 cm³/mol. The van der Waals surface area contributed by atoms with E-state index in [0.29, 0.717) is 6.54 Å². The number of carbonyl (C=O) groups is 1. The van der Waals surface area contributed by atoms with E-state index in [-0.39, 0.29) is 11.8 Å². The summed E-state index contributed by atoms with van der Waals surface area (Å²) in [7, 11) is 0. The van der Waals surface area contributed by atoms with E-state index in [0.717, 1.165) is 10.6 Å². The highest BCUT2D eigenvalue weighted by atomic mass is 32.1. The molecule has 1 heterocycles. The highest BCUT2D eigenvalue weighted by Gasteiger charge is 2.09. The van der Waals surface area contributed by atoms with Crippen LogP contribution < -0.4 is 11.1 Å². The van der Waals surface area contributed by atoms with Crippen molar-refractivity contribution in [2.24, 2.45) is 11.7 Å². The van der Waals surface area contributed by atoms with Crippen molar-refractivity contribution in [2.45, 2.75) is 20.4 Å². The zero-order chi connectivity index (χ0) is 9.84. The van der Waals surface area contributed by atoms with Gasteiger partial charge in [0, 0.05) is 18.0 Å². The van der Waals surface area contributed by atoms with Crippen molar-refractivity contribution in [2.75, 3.05) is 5.32 Å². The normalized spacial score (nSPS) is 10.5. The van der Waals surface area contributed by atoms with Crippen LogP contribution in [0.3, 0.4) is 0 Å². The third-order valence-electron chi connectivity index (χ3n) is 1.73. The van der Waals surface area contributed by atoms with Gasteiger partial charge in [-0.05, 0) is 11.4 Å². The van der Waals surface area contributed by atoms with Crippen LogP contribution in [-0.4, -0.2) is 5.91 Å². The number of nitrogens with one attached hydrogen (secondary N) is 1. The first-order valence-electron chi connectivity index (χ1n) is 4.22. The molecule has 0 bridgehead atoms. The molecule has 0 radical (unpaired) electrons. The molecule has 1 aromatic rings. The Hall–Kier alpha value is -0.870. The van der Waals surface area contributed by atoms with Gasteiger partial charge in [-0.25, -0.2) is 0 Å². The zero-order valence-corrected chi connectivity index (χ0v) is 8.65. The van der Waals surface area contributed by atoms with Crippen LogP contribution in [0.25, 0.3) is 0 Å². The van der Waals surface area contributed by atoms with E-state index < -0.39 is 0 Å². The fourth-order valence-corrected chi connectivity index (χ4v) is 1.69. The van der Waals surface area contributed by atoms with Gasteiger partial charge in [-0.1, -0.05) is 13.8 Å². The molecule has 0 aliphatic rings. The van der Waals surface area contributed by atoms with E-state index in [4.69, 9.17) is 5.73 Å². The van der Waals surface area contributed by atoms with Gasteiger partial charge in [-0.2, -0.15) is 0 Å². The van der Waals surface area contributed by atoms with E-state index in [1.807, 2.05) is 25.3 Å². The predicted octanol–water partition coefficient (Wildman–Crippen LogP) is 1.80. The van der Waals surface area contributed by atoms with Gasteiger partial charge in [0.05, 0.1) is 5.00 Å². The molecule has 0 saturated carbocycles. The Labute approximate surface area is 81.9 Å². The van der Waals surface area contributed by atoms with Gasteiger partial charge < -0.3 is 11.1 Å². The lowest BCUT2D eigenvalue weighted by molar-refractivity contribution is -0.118. The Kier molecular flexibility index (Phi) is 3.45. The molecule has 4 heteroatoms. The molecule has 0 aromatic carbocycles. The molecular weight excluding hydrogens is 184 g/mol. The number of hydrogen-bond acceptors (Lipinski definition) is 3. The van der Waals surface area contributed by atoms with Gasteiger partial charge in [0.25, 0.3) is 0 Å². The minimum Gasteiger partial charge on any atom is -0.326 e. The minimum absolute atomic E-state index is 0.00715. The Bertz CT molecular complexity index is 294. The number of rotatable bonds is 3. The summed E-state index contributed by atoms with van der Waals surface area (Å²) in [6, 6.07) is 1.93. The van der Waals surface area contributed by atoms with Crippen molar-refractivity contribution < 1.29 is 4.79 Å². The van der Waals surface area contributed by atoms with Crippen LogP contribution in [0.2, 0.25) is 0 Å². The molecule has 0 aliphatic carbocycles. The zero-order valence-electron chi connectivity index (χ0n) is 7.83. The first-order valence-corrected chi connectivity index (χ1v) is 5.10. The highest BCUT2D eigenvalue weighted by Crippen LogP contribution is 2.22. The molecule has 72 valence electrons. The maximum atomic E-state index is 11.3. The third-order valence-corrected chi connectivity index (χ3v) is 2.60. The quantitative estimate of drug-likeness (QED) is 0.778.